The molecule has 0 amide bonds. The number of ether oxygens (including phenoxy) is 4. The van der Waals surface area contributed by atoms with Crippen molar-refractivity contribution in [1.29, 1.82) is 0 Å². The molecule has 1 N–H and O–H groups in total. The average Bonchev–Trinajstić information content (AvgIpc) is 2.65. The summed E-state index contributed by atoms with van der Waals surface area (Å²) >= 11 is 0. The molecule has 2 rings (SSSR count). The van der Waals surface area contributed by atoms with Gasteiger partial charge in [-0.3, -0.25) is 0 Å². The van der Waals surface area contributed by atoms with E-state index in [-0.39, 0.29) is 6.61 Å². The van der Waals surface area contributed by atoms with Gasteiger partial charge in [-0.25, -0.2) is 4.79 Å². The minimum atomic E-state index is -1.03. The summed E-state index contributed by atoms with van der Waals surface area (Å²) in [5.74, 6) is 1.44. The highest BCUT2D eigenvalue weighted by Crippen LogP contribution is 2.27. The normalized spacial score (nSPS) is 10.5. The van der Waals surface area contributed by atoms with Gasteiger partial charge in [0.05, 0.1) is 13.7 Å². The molecule has 0 saturated heterocycles. The number of benzene rings is 2. The lowest BCUT2D eigenvalue weighted by atomic mass is 10.1. The van der Waals surface area contributed by atoms with E-state index in [0.29, 0.717) is 41.8 Å². The zero-order valence-electron chi connectivity index (χ0n) is 14.8. The monoisotopic (exact) mass is 358 g/mol. The minimum Gasteiger partial charge on any atom is -0.497 e. The van der Waals surface area contributed by atoms with Crippen LogP contribution in [0, 0.1) is 0 Å². The Kier molecular flexibility index (Phi) is 7.36. The van der Waals surface area contributed by atoms with E-state index in [1.54, 1.807) is 25.3 Å². The zero-order valence-corrected chi connectivity index (χ0v) is 14.8. The number of aliphatic carboxylic acids is 1. The quantitative estimate of drug-likeness (QED) is 0.516. The van der Waals surface area contributed by atoms with Crippen LogP contribution < -0.4 is 18.9 Å². The molecule has 0 aliphatic heterocycles. The van der Waals surface area contributed by atoms with E-state index in [9.17, 15) is 4.79 Å². The summed E-state index contributed by atoms with van der Waals surface area (Å²) in [5, 5.41) is 8.79. The number of carboxylic acid groups (broad SMARTS) is 1. The van der Waals surface area contributed by atoms with Crippen molar-refractivity contribution in [1.82, 2.24) is 0 Å². The van der Waals surface area contributed by atoms with Crippen LogP contribution in [-0.4, -0.2) is 38.0 Å². The highest BCUT2D eigenvalue weighted by Gasteiger charge is 2.06. The fourth-order valence-corrected chi connectivity index (χ4v) is 2.21. The predicted octanol–water partition coefficient (Wildman–Crippen LogP) is 3.65. The molecule has 138 valence electrons. The van der Waals surface area contributed by atoms with Crippen molar-refractivity contribution >= 4 is 12.0 Å². The highest BCUT2D eigenvalue weighted by molar-refractivity contribution is 5.86. The lowest BCUT2D eigenvalue weighted by molar-refractivity contribution is -0.131. The van der Waals surface area contributed by atoms with Gasteiger partial charge in [0.15, 0.2) is 11.5 Å². The third-order valence-electron chi connectivity index (χ3n) is 3.37. The Morgan fingerprint density at radius 1 is 1.00 bits per heavy atom. The minimum absolute atomic E-state index is 0.279. The Balaban J connectivity index is 1.99. The molecule has 0 radical (unpaired) electrons. The highest BCUT2D eigenvalue weighted by atomic mass is 16.5. The van der Waals surface area contributed by atoms with Gasteiger partial charge in [-0.15, -0.1) is 0 Å². The Hall–Kier alpha value is -3.15. The van der Waals surface area contributed by atoms with Gasteiger partial charge in [0.2, 0.25) is 0 Å². The summed E-state index contributed by atoms with van der Waals surface area (Å²) < 4.78 is 22.2. The summed E-state index contributed by atoms with van der Waals surface area (Å²) in [5.41, 5.74) is 0.642. The van der Waals surface area contributed by atoms with Crippen molar-refractivity contribution in [2.45, 2.75) is 6.92 Å². The van der Waals surface area contributed by atoms with E-state index < -0.39 is 5.97 Å². The third kappa shape index (κ3) is 5.73. The van der Waals surface area contributed by atoms with Crippen LogP contribution in [0.25, 0.3) is 6.08 Å². The van der Waals surface area contributed by atoms with Gasteiger partial charge in [-0.05, 0) is 37.3 Å². The van der Waals surface area contributed by atoms with Gasteiger partial charge < -0.3 is 24.1 Å². The van der Waals surface area contributed by atoms with Gasteiger partial charge in [0, 0.05) is 17.7 Å². The average molecular weight is 358 g/mol. The summed E-state index contributed by atoms with van der Waals surface area (Å²) in [6, 6.07) is 12.6. The number of carbonyl (C=O) groups is 1. The van der Waals surface area contributed by atoms with E-state index in [2.05, 4.69) is 0 Å². The number of hydrogen-bond acceptors (Lipinski definition) is 5. The van der Waals surface area contributed by atoms with E-state index in [0.717, 1.165) is 6.08 Å². The standard InChI is InChI=1S/C20H22O6/c1-3-24-17-6-4-5-7-18(17)25-12-13-26-19-14-16(23-2)10-8-15(19)9-11-20(21)22/h4-11,14H,3,12-13H2,1-2H3,(H,21,22). The molecule has 0 saturated carbocycles. The predicted molar refractivity (Wildman–Crippen MR) is 98.3 cm³/mol. The zero-order chi connectivity index (χ0) is 18.8. The van der Waals surface area contributed by atoms with Crippen molar-refractivity contribution in [3.05, 3.63) is 54.1 Å². The number of rotatable bonds is 10. The molecule has 0 aromatic heterocycles. The van der Waals surface area contributed by atoms with Crippen LogP contribution >= 0.6 is 0 Å². The number of hydrogen-bond donors (Lipinski definition) is 1. The first-order valence-corrected chi connectivity index (χ1v) is 8.20. The van der Waals surface area contributed by atoms with E-state index >= 15 is 0 Å². The first-order valence-electron chi connectivity index (χ1n) is 8.20. The van der Waals surface area contributed by atoms with Crippen LogP contribution in [0.1, 0.15) is 12.5 Å². The van der Waals surface area contributed by atoms with Crippen LogP contribution in [0.3, 0.4) is 0 Å². The maximum Gasteiger partial charge on any atom is 0.328 e. The van der Waals surface area contributed by atoms with E-state index in [1.165, 1.54) is 6.08 Å². The molecule has 0 heterocycles. The van der Waals surface area contributed by atoms with Gasteiger partial charge in [0.25, 0.3) is 0 Å². The van der Waals surface area contributed by atoms with Crippen LogP contribution in [0.15, 0.2) is 48.5 Å². The molecular weight excluding hydrogens is 336 g/mol. The van der Waals surface area contributed by atoms with Crippen molar-refractivity contribution < 1.29 is 28.8 Å². The first kappa shape index (κ1) is 19.2. The lowest BCUT2D eigenvalue weighted by Gasteiger charge is -2.13. The number of methoxy groups -OCH3 is 1. The topological polar surface area (TPSA) is 74.2 Å². The maximum atomic E-state index is 10.7. The SMILES string of the molecule is CCOc1ccccc1OCCOc1cc(OC)ccc1C=CC(=O)O. The van der Waals surface area contributed by atoms with Crippen LogP contribution in [-0.2, 0) is 4.79 Å². The lowest BCUT2D eigenvalue weighted by Crippen LogP contribution is -2.10. The second kappa shape index (κ2) is 9.98. The van der Waals surface area contributed by atoms with Crippen LogP contribution in [0.4, 0.5) is 0 Å². The van der Waals surface area contributed by atoms with Crippen molar-refractivity contribution in [3.63, 3.8) is 0 Å². The fraction of sp³-hybridized carbons (Fsp3) is 0.250. The summed E-state index contributed by atoms with van der Waals surface area (Å²) in [4.78, 5) is 10.7. The molecule has 0 bridgehead atoms. The molecule has 6 heteroatoms. The molecule has 0 spiro atoms. The second-order valence-electron chi connectivity index (χ2n) is 5.15. The first-order chi connectivity index (χ1) is 12.6. The Morgan fingerprint density at radius 2 is 1.65 bits per heavy atom. The molecule has 2 aromatic rings. The van der Waals surface area contributed by atoms with Gasteiger partial charge in [-0.2, -0.15) is 0 Å². The summed E-state index contributed by atoms with van der Waals surface area (Å²) in [7, 11) is 1.56. The Labute approximate surface area is 152 Å². The number of para-hydroxylation sites is 2. The molecule has 26 heavy (non-hydrogen) atoms. The molecule has 6 nitrogen and oxygen atoms in total. The maximum absolute atomic E-state index is 10.7. The Morgan fingerprint density at radius 3 is 2.27 bits per heavy atom. The van der Waals surface area contributed by atoms with Crippen molar-refractivity contribution in [2.24, 2.45) is 0 Å². The molecule has 0 atom stereocenters. The molecule has 0 fully saturated rings. The number of carboxylic acids is 1. The van der Waals surface area contributed by atoms with E-state index in [4.69, 9.17) is 24.1 Å². The van der Waals surface area contributed by atoms with Crippen LogP contribution in [0.5, 0.6) is 23.0 Å². The smallest absolute Gasteiger partial charge is 0.328 e. The largest absolute Gasteiger partial charge is 0.497 e. The molecule has 0 aliphatic carbocycles. The summed E-state index contributed by atoms with van der Waals surface area (Å²) in [6.45, 7) is 3.06. The molecule has 0 unspecified atom stereocenters. The second-order valence-corrected chi connectivity index (χ2v) is 5.15. The fourth-order valence-electron chi connectivity index (χ4n) is 2.21. The third-order valence-corrected chi connectivity index (χ3v) is 3.37. The van der Waals surface area contributed by atoms with Gasteiger partial charge in [0.1, 0.15) is 24.7 Å². The molecule has 0 aliphatic rings. The van der Waals surface area contributed by atoms with Crippen molar-refractivity contribution in [2.75, 3.05) is 26.9 Å². The Bertz CT molecular complexity index is 754. The molecule has 2 aromatic carbocycles. The summed E-state index contributed by atoms with van der Waals surface area (Å²) in [6.07, 6.45) is 2.53. The van der Waals surface area contributed by atoms with Gasteiger partial charge in [-0.1, -0.05) is 12.1 Å². The molecular formula is C20H22O6. The van der Waals surface area contributed by atoms with Crippen LogP contribution in [0.2, 0.25) is 0 Å². The van der Waals surface area contributed by atoms with Gasteiger partial charge >= 0.3 is 5.97 Å². The van der Waals surface area contributed by atoms with E-state index in [1.807, 2.05) is 31.2 Å². The van der Waals surface area contributed by atoms with Crippen molar-refractivity contribution in [3.8, 4) is 23.0 Å².